The zero-order valence-corrected chi connectivity index (χ0v) is 11.6. The van der Waals surface area contributed by atoms with Crippen LogP contribution < -0.4 is 4.72 Å². The summed E-state index contributed by atoms with van der Waals surface area (Å²) in [5, 5.41) is 0. The fourth-order valence-corrected chi connectivity index (χ4v) is 3.03. The van der Waals surface area contributed by atoms with Gasteiger partial charge in [0, 0.05) is 18.7 Å². The van der Waals surface area contributed by atoms with Gasteiger partial charge in [-0.05, 0) is 31.9 Å². The molecule has 0 unspecified atom stereocenters. The van der Waals surface area contributed by atoms with E-state index in [4.69, 9.17) is 4.74 Å². The lowest BCUT2D eigenvalue weighted by Crippen LogP contribution is -2.31. The molecule has 0 spiro atoms. The molecule has 0 aliphatic carbocycles. The molecule has 0 bridgehead atoms. The molecule has 2 rings (SSSR count). The highest BCUT2D eigenvalue weighted by Crippen LogP contribution is 2.14. The lowest BCUT2D eigenvalue weighted by molar-refractivity contribution is 0.101. The van der Waals surface area contributed by atoms with E-state index in [1.165, 1.54) is 31.2 Å². The first kappa shape index (κ1) is 14.2. The second-order valence-corrected chi connectivity index (χ2v) is 6.33. The molecular formula is C13H17NO4S. The number of hydrogen-bond donors (Lipinski definition) is 1. The Balaban J connectivity index is 2.03. The van der Waals surface area contributed by atoms with Crippen molar-refractivity contribution in [1.29, 1.82) is 0 Å². The molecule has 0 aromatic heterocycles. The number of carbonyl (C=O) groups is 1. The van der Waals surface area contributed by atoms with Gasteiger partial charge in [0.25, 0.3) is 0 Å². The van der Waals surface area contributed by atoms with Crippen molar-refractivity contribution in [3.63, 3.8) is 0 Å². The van der Waals surface area contributed by atoms with Crippen LogP contribution in [0.1, 0.15) is 30.1 Å². The number of sulfonamides is 1. The molecule has 1 aliphatic heterocycles. The predicted octanol–water partition coefficient (Wildman–Crippen LogP) is 1.35. The van der Waals surface area contributed by atoms with E-state index in [2.05, 4.69) is 4.72 Å². The number of ether oxygens (including phenoxy) is 1. The summed E-state index contributed by atoms with van der Waals surface area (Å²) in [6.45, 7) is 2.43. The minimum atomic E-state index is -3.53. The van der Waals surface area contributed by atoms with Crippen molar-refractivity contribution in [3.05, 3.63) is 29.8 Å². The van der Waals surface area contributed by atoms with Gasteiger partial charge in [0.2, 0.25) is 10.0 Å². The van der Waals surface area contributed by atoms with Gasteiger partial charge in [-0.1, -0.05) is 12.1 Å². The molecule has 5 nitrogen and oxygen atoms in total. The van der Waals surface area contributed by atoms with Crippen LogP contribution in [-0.4, -0.2) is 33.5 Å². The van der Waals surface area contributed by atoms with E-state index in [0.717, 1.165) is 12.8 Å². The van der Waals surface area contributed by atoms with E-state index in [9.17, 15) is 13.2 Å². The van der Waals surface area contributed by atoms with Crippen LogP contribution in [0.2, 0.25) is 0 Å². The van der Waals surface area contributed by atoms with E-state index in [1.54, 1.807) is 0 Å². The average molecular weight is 283 g/mol. The molecule has 104 valence electrons. The fraction of sp³-hybridized carbons (Fsp3) is 0.462. The maximum atomic E-state index is 12.0. The SMILES string of the molecule is CC(=O)c1ccc(S(=O)(=O)NC[C@H]2CCCO2)cc1. The Morgan fingerprint density at radius 2 is 2.05 bits per heavy atom. The standard InChI is InChI=1S/C13H17NO4S/c1-10(15)11-4-6-13(7-5-11)19(16,17)14-9-12-3-2-8-18-12/h4-7,12,14H,2-3,8-9H2,1H3/t12-/m1/s1. The van der Waals surface area contributed by atoms with Crippen molar-refractivity contribution in [1.82, 2.24) is 4.72 Å². The van der Waals surface area contributed by atoms with Gasteiger partial charge in [0.05, 0.1) is 11.0 Å². The second-order valence-electron chi connectivity index (χ2n) is 4.57. The normalized spacial score (nSPS) is 19.5. The van der Waals surface area contributed by atoms with E-state index in [0.29, 0.717) is 12.2 Å². The van der Waals surface area contributed by atoms with Crippen molar-refractivity contribution in [3.8, 4) is 0 Å². The molecule has 1 fully saturated rings. The van der Waals surface area contributed by atoms with Crippen LogP contribution in [0.25, 0.3) is 0 Å². The fourth-order valence-electron chi connectivity index (χ4n) is 1.96. The molecule has 1 atom stereocenters. The predicted molar refractivity (Wildman–Crippen MR) is 70.6 cm³/mol. The van der Waals surface area contributed by atoms with Crippen molar-refractivity contribution >= 4 is 15.8 Å². The van der Waals surface area contributed by atoms with Crippen LogP contribution in [-0.2, 0) is 14.8 Å². The zero-order chi connectivity index (χ0) is 13.9. The molecule has 1 heterocycles. The Morgan fingerprint density at radius 3 is 2.58 bits per heavy atom. The van der Waals surface area contributed by atoms with Crippen molar-refractivity contribution in [2.45, 2.75) is 30.8 Å². The van der Waals surface area contributed by atoms with Crippen molar-refractivity contribution < 1.29 is 17.9 Å². The molecule has 19 heavy (non-hydrogen) atoms. The van der Waals surface area contributed by atoms with Crippen LogP contribution in [0.3, 0.4) is 0 Å². The highest BCUT2D eigenvalue weighted by Gasteiger charge is 2.20. The third-order valence-electron chi connectivity index (χ3n) is 3.10. The summed E-state index contributed by atoms with van der Waals surface area (Å²) in [7, 11) is -3.53. The number of nitrogens with one attached hydrogen (secondary N) is 1. The summed E-state index contributed by atoms with van der Waals surface area (Å²) in [5.41, 5.74) is 0.498. The maximum absolute atomic E-state index is 12.0. The first-order valence-electron chi connectivity index (χ1n) is 6.21. The van der Waals surface area contributed by atoms with Crippen molar-refractivity contribution in [2.75, 3.05) is 13.2 Å². The third kappa shape index (κ3) is 3.62. The van der Waals surface area contributed by atoms with Gasteiger partial charge in [-0.2, -0.15) is 0 Å². The average Bonchev–Trinajstić information content (AvgIpc) is 2.90. The summed E-state index contributed by atoms with van der Waals surface area (Å²) < 4.78 is 31.9. The highest BCUT2D eigenvalue weighted by atomic mass is 32.2. The Morgan fingerprint density at radius 1 is 1.37 bits per heavy atom. The summed E-state index contributed by atoms with van der Waals surface area (Å²) >= 11 is 0. The number of ketones is 1. The minimum Gasteiger partial charge on any atom is -0.377 e. The largest absolute Gasteiger partial charge is 0.377 e. The van der Waals surface area contributed by atoms with Gasteiger partial charge in [-0.3, -0.25) is 4.79 Å². The molecule has 0 amide bonds. The summed E-state index contributed by atoms with van der Waals surface area (Å²) in [4.78, 5) is 11.3. The molecule has 1 saturated heterocycles. The maximum Gasteiger partial charge on any atom is 0.240 e. The van der Waals surface area contributed by atoms with Crippen molar-refractivity contribution in [2.24, 2.45) is 0 Å². The number of rotatable bonds is 5. The van der Waals surface area contributed by atoms with Gasteiger partial charge >= 0.3 is 0 Å². The van der Waals surface area contributed by atoms with Crippen LogP contribution in [0, 0.1) is 0 Å². The van der Waals surface area contributed by atoms with E-state index >= 15 is 0 Å². The summed E-state index contributed by atoms with van der Waals surface area (Å²) in [6, 6.07) is 5.91. The number of hydrogen-bond acceptors (Lipinski definition) is 4. The van der Waals surface area contributed by atoms with Crippen LogP contribution >= 0.6 is 0 Å². The minimum absolute atomic E-state index is 0.0359. The number of carbonyl (C=O) groups excluding carboxylic acids is 1. The summed E-state index contributed by atoms with van der Waals surface area (Å²) in [6.07, 6.45) is 1.82. The van der Waals surface area contributed by atoms with E-state index < -0.39 is 10.0 Å². The molecule has 0 saturated carbocycles. The smallest absolute Gasteiger partial charge is 0.240 e. The first-order chi connectivity index (χ1) is 8.99. The van der Waals surface area contributed by atoms with Gasteiger partial charge in [0.1, 0.15) is 0 Å². The van der Waals surface area contributed by atoms with Crippen LogP contribution in [0.5, 0.6) is 0 Å². The molecule has 0 radical (unpaired) electrons. The van der Waals surface area contributed by atoms with Crippen LogP contribution in [0.4, 0.5) is 0 Å². The molecular weight excluding hydrogens is 266 g/mol. The summed E-state index contributed by atoms with van der Waals surface area (Å²) in [5.74, 6) is -0.0868. The monoisotopic (exact) mass is 283 g/mol. The first-order valence-corrected chi connectivity index (χ1v) is 7.69. The quantitative estimate of drug-likeness (QED) is 0.828. The molecule has 6 heteroatoms. The van der Waals surface area contributed by atoms with E-state index in [-0.39, 0.29) is 23.3 Å². The van der Waals surface area contributed by atoms with E-state index in [1.807, 2.05) is 0 Å². The van der Waals surface area contributed by atoms with Gasteiger partial charge in [0.15, 0.2) is 5.78 Å². The third-order valence-corrected chi connectivity index (χ3v) is 4.54. The Bertz CT molecular complexity index is 545. The Labute approximate surface area is 113 Å². The Hall–Kier alpha value is -1.24. The lowest BCUT2D eigenvalue weighted by Gasteiger charge is -2.11. The molecule has 1 aromatic carbocycles. The zero-order valence-electron chi connectivity index (χ0n) is 10.8. The van der Waals surface area contributed by atoms with Gasteiger partial charge in [-0.25, -0.2) is 13.1 Å². The second kappa shape index (κ2) is 5.81. The van der Waals surface area contributed by atoms with Gasteiger partial charge < -0.3 is 4.74 Å². The number of Topliss-reactive ketones (excluding diaryl/α,β-unsaturated/α-hetero) is 1. The number of benzene rings is 1. The molecule has 1 N–H and O–H groups in total. The lowest BCUT2D eigenvalue weighted by atomic mass is 10.2. The topological polar surface area (TPSA) is 72.5 Å². The van der Waals surface area contributed by atoms with Crippen LogP contribution in [0.15, 0.2) is 29.2 Å². The van der Waals surface area contributed by atoms with Gasteiger partial charge in [-0.15, -0.1) is 0 Å². The molecule has 1 aliphatic rings. The highest BCUT2D eigenvalue weighted by molar-refractivity contribution is 7.89. The Kier molecular flexibility index (Phi) is 4.34. The molecule has 1 aromatic rings.